The van der Waals surface area contributed by atoms with Gasteiger partial charge in [-0.2, -0.15) is 0 Å². The molecule has 1 aliphatic rings. The molecule has 118 valence electrons. The van der Waals surface area contributed by atoms with Crippen LogP contribution in [-0.2, 0) is 4.79 Å². The lowest BCUT2D eigenvalue weighted by molar-refractivity contribution is -0.122. The van der Waals surface area contributed by atoms with Crippen LogP contribution in [-0.4, -0.2) is 43.0 Å². The molecule has 0 radical (unpaired) electrons. The van der Waals surface area contributed by atoms with Crippen molar-refractivity contribution in [2.24, 2.45) is 11.7 Å². The first kappa shape index (κ1) is 17.4. The Kier molecular flexibility index (Phi) is 8.86. The van der Waals surface area contributed by atoms with E-state index in [2.05, 4.69) is 24.1 Å². The first-order chi connectivity index (χ1) is 9.69. The van der Waals surface area contributed by atoms with Crippen molar-refractivity contribution < 1.29 is 4.79 Å². The van der Waals surface area contributed by atoms with E-state index in [-0.39, 0.29) is 5.91 Å². The van der Waals surface area contributed by atoms with Crippen LogP contribution in [0.5, 0.6) is 0 Å². The third-order valence-electron chi connectivity index (χ3n) is 4.37. The van der Waals surface area contributed by atoms with E-state index in [9.17, 15) is 4.79 Å². The van der Waals surface area contributed by atoms with Gasteiger partial charge in [-0.3, -0.25) is 4.79 Å². The van der Waals surface area contributed by atoms with Crippen LogP contribution in [0.2, 0.25) is 0 Å². The van der Waals surface area contributed by atoms with E-state index < -0.39 is 0 Å². The predicted molar refractivity (Wildman–Crippen MR) is 84.6 cm³/mol. The summed E-state index contributed by atoms with van der Waals surface area (Å²) >= 11 is 0. The second kappa shape index (κ2) is 10.2. The molecule has 1 aliphatic heterocycles. The van der Waals surface area contributed by atoms with Gasteiger partial charge in [0.1, 0.15) is 0 Å². The number of nitrogens with one attached hydrogen (secondary N) is 1. The fourth-order valence-corrected chi connectivity index (χ4v) is 3.17. The van der Waals surface area contributed by atoms with Gasteiger partial charge in [0.15, 0.2) is 0 Å². The van der Waals surface area contributed by atoms with Crippen molar-refractivity contribution in [1.82, 2.24) is 10.2 Å². The molecule has 2 atom stereocenters. The number of amides is 1. The Balaban J connectivity index is 2.24. The van der Waals surface area contributed by atoms with E-state index in [0.29, 0.717) is 18.4 Å². The van der Waals surface area contributed by atoms with Gasteiger partial charge in [-0.1, -0.05) is 26.7 Å². The van der Waals surface area contributed by atoms with Gasteiger partial charge in [0, 0.05) is 19.0 Å². The first-order valence-electron chi connectivity index (χ1n) is 8.41. The normalized spacial score (nSPS) is 21.6. The van der Waals surface area contributed by atoms with Gasteiger partial charge in [0.25, 0.3) is 0 Å². The van der Waals surface area contributed by atoms with Gasteiger partial charge in [-0.25, -0.2) is 0 Å². The number of carbonyl (C=O) groups is 1. The van der Waals surface area contributed by atoms with Crippen LogP contribution in [0.25, 0.3) is 0 Å². The molecule has 1 fully saturated rings. The largest absolute Gasteiger partial charge is 0.352 e. The fraction of sp³-hybridized carbons (Fsp3) is 0.938. The van der Waals surface area contributed by atoms with E-state index >= 15 is 0 Å². The molecule has 0 spiro atoms. The Bertz CT molecular complexity index is 264. The molecule has 1 rings (SSSR count). The number of likely N-dealkylation sites (tertiary alicyclic amines) is 1. The van der Waals surface area contributed by atoms with Crippen LogP contribution in [0.1, 0.15) is 58.8 Å². The maximum absolute atomic E-state index is 12.1. The second-order valence-electron chi connectivity index (χ2n) is 6.07. The molecule has 0 aromatic carbocycles. The van der Waals surface area contributed by atoms with Crippen LogP contribution in [0.3, 0.4) is 0 Å². The van der Waals surface area contributed by atoms with Gasteiger partial charge >= 0.3 is 0 Å². The number of nitrogens with two attached hydrogens (primary N) is 1. The molecule has 1 heterocycles. The zero-order chi connectivity index (χ0) is 14.8. The minimum Gasteiger partial charge on any atom is -0.352 e. The standard InChI is InChI=1S/C16H33N3O/c1-3-6-14(10-11-17)8-9-16(20)18-15-7-5-12-19(4-2)13-15/h14-15H,3-13,17H2,1-2H3,(H,18,20). The van der Waals surface area contributed by atoms with Gasteiger partial charge < -0.3 is 16.0 Å². The Labute approximate surface area is 124 Å². The number of likely N-dealkylation sites (N-methyl/N-ethyl adjacent to an activating group) is 1. The summed E-state index contributed by atoms with van der Waals surface area (Å²) in [7, 11) is 0. The Morgan fingerprint density at radius 1 is 1.35 bits per heavy atom. The zero-order valence-electron chi connectivity index (χ0n) is 13.4. The van der Waals surface area contributed by atoms with Crippen molar-refractivity contribution in [3.63, 3.8) is 0 Å². The summed E-state index contributed by atoms with van der Waals surface area (Å²) in [5, 5.41) is 3.21. The molecule has 1 saturated heterocycles. The summed E-state index contributed by atoms with van der Waals surface area (Å²) in [6, 6.07) is 0.357. The third-order valence-corrected chi connectivity index (χ3v) is 4.37. The summed E-state index contributed by atoms with van der Waals surface area (Å²) in [6.45, 7) is 8.40. The van der Waals surface area contributed by atoms with Crippen molar-refractivity contribution in [2.75, 3.05) is 26.2 Å². The van der Waals surface area contributed by atoms with E-state index in [1.807, 2.05) is 0 Å². The summed E-state index contributed by atoms with van der Waals surface area (Å²) < 4.78 is 0. The SMILES string of the molecule is CCCC(CCN)CCC(=O)NC1CCCN(CC)C1. The molecule has 0 aromatic rings. The lowest BCUT2D eigenvalue weighted by atomic mass is 9.94. The number of piperidine rings is 1. The molecule has 0 aliphatic carbocycles. The Morgan fingerprint density at radius 2 is 2.15 bits per heavy atom. The average Bonchev–Trinajstić information content (AvgIpc) is 2.45. The quantitative estimate of drug-likeness (QED) is 0.681. The number of rotatable bonds is 9. The molecule has 20 heavy (non-hydrogen) atoms. The highest BCUT2D eigenvalue weighted by atomic mass is 16.1. The number of hydrogen-bond acceptors (Lipinski definition) is 3. The average molecular weight is 283 g/mol. The minimum atomic E-state index is 0.228. The predicted octanol–water partition coefficient (Wildman–Crippen LogP) is 2.13. The molecule has 3 N–H and O–H groups in total. The van der Waals surface area contributed by atoms with Gasteiger partial charge in [0.2, 0.25) is 5.91 Å². The lowest BCUT2D eigenvalue weighted by Crippen LogP contribution is -2.47. The van der Waals surface area contributed by atoms with Crippen molar-refractivity contribution in [3.05, 3.63) is 0 Å². The number of carbonyl (C=O) groups excluding carboxylic acids is 1. The molecular weight excluding hydrogens is 250 g/mol. The van der Waals surface area contributed by atoms with Gasteiger partial charge in [-0.15, -0.1) is 0 Å². The van der Waals surface area contributed by atoms with E-state index in [1.165, 1.54) is 25.8 Å². The maximum Gasteiger partial charge on any atom is 0.220 e. The Morgan fingerprint density at radius 3 is 2.80 bits per heavy atom. The van der Waals surface area contributed by atoms with Crippen LogP contribution in [0.15, 0.2) is 0 Å². The molecule has 0 saturated carbocycles. The summed E-state index contributed by atoms with van der Waals surface area (Å²) in [6.07, 6.45) is 7.40. The first-order valence-corrected chi connectivity index (χ1v) is 8.41. The van der Waals surface area contributed by atoms with Gasteiger partial charge in [0.05, 0.1) is 0 Å². The third kappa shape index (κ3) is 6.71. The minimum absolute atomic E-state index is 0.228. The van der Waals surface area contributed by atoms with Crippen LogP contribution in [0.4, 0.5) is 0 Å². The fourth-order valence-electron chi connectivity index (χ4n) is 3.17. The molecule has 0 aromatic heterocycles. The molecule has 2 unspecified atom stereocenters. The maximum atomic E-state index is 12.1. The molecule has 0 bridgehead atoms. The topological polar surface area (TPSA) is 58.4 Å². The Hall–Kier alpha value is -0.610. The van der Waals surface area contributed by atoms with E-state index in [4.69, 9.17) is 5.73 Å². The van der Waals surface area contributed by atoms with Crippen molar-refractivity contribution in [2.45, 2.75) is 64.8 Å². The van der Waals surface area contributed by atoms with E-state index in [0.717, 1.165) is 38.9 Å². The molecular formula is C16H33N3O. The smallest absolute Gasteiger partial charge is 0.220 e. The lowest BCUT2D eigenvalue weighted by Gasteiger charge is -2.32. The zero-order valence-corrected chi connectivity index (χ0v) is 13.4. The monoisotopic (exact) mass is 283 g/mol. The highest BCUT2D eigenvalue weighted by Crippen LogP contribution is 2.17. The highest BCUT2D eigenvalue weighted by molar-refractivity contribution is 5.76. The summed E-state index contributed by atoms with van der Waals surface area (Å²) in [5.41, 5.74) is 5.64. The summed E-state index contributed by atoms with van der Waals surface area (Å²) in [4.78, 5) is 14.5. The highest BCUT2D eigenvalue weighted by Gasteiger charge is 2.20. The van der Waals surface area contributed by atoms with Crippen LogP contribution >= 0.6 is 0 Å². The number of hydrogen-bond donors (Lipinski definition) is 2. The summed E-state index contributed by atoms with van der Waals surface area (Å²) in [5.74, 6) is 0.848. The molecule has 1 amide bonds. The van der Waals surface area contributed by atoms with Crippen molar-refractivity contribution in [3.8, 4) is 0 Å². The molecule has 4 nitrogen and oxygen atoms in total. The second-order valence-corrected chi connectivity index (χ2v) is 6.07. The van der Waals surface area contributed by atoms with E-state index in [1.54, 1.807) is 0 Å². The number of nitrogens with zero attached hydrogens (tertiary/aromatic N) is 1. The van der Waals surface area contributed by atoms with Crippen LogP contribution in [0, 0.1) is 5.92 Å². The van der Waals surface area contributed by atoms with Crippen molar-refractivity contribution in [1.29, 1.82) is 0 Å². The molecule has 4 heteroatoms. The van der Waals surface area contributed by atoms with Gasteiger partial charge in [-0.05, 0) is 51.2 Å². The van der Waals surface area contributed by atoms with Crippen molar-refractivity contribution >= 4 is 5.91 Å². The van der Waals surface area contributed by atoms with Crippen LogP contribution < -0.4 is 11.1 Å².